The molecule has 1 heterocycles. The van der Waals surface area contributed by atoms with Crippen LogP contribution in [0.1, 0.15) is 28.8 Å². The van der Waals surface area contributed by atoms with Crippen molar-refractivity contribution in [1.82, 2.24) is 4.47 Å². The number of hydrogen-bond donors (Lipinski definition) is 1. The molecule has 1 aromatic carbocycles. The van der Waals surface area contributed by atoms with Gasteiger partial charge >= 0.3 is 5.97 Å². The van der Waals surface area contributed by atoms with Crippen molar-refractivity contribution in [3.63, 3.8) is 0 Å². The van der Waals surface area contributed by atoms with Crippen molar-refractivity contribution >= 4 is 27.6 Å². The molecule has 1 saturated heterocycles. The Balaban J connectivity index is 2.53. The fourth-order valence-corrected chi connectivity index (χ4v) is 3.88. The van der Waals surface area contributed by atoms with Crippen LogP contribution in [0.2, 0.25) is 5.02 Å². The van der Waals surface area contributed by atoms with E-state index in [9.17, 15) is 13.2 Å². The van der Waals surface area contributed by atoms with Gasteiger partial charge in [-0.25, -0.2) is 13.2 Å². The Hall–Kier alpha value is -1.15. The highest BCUT2D eigenvalue weighted by atomic mass is 35.5. The number of carbonyl (C=O) groups is 1. The van der Waals surface area contributed by atoms with Gasteiger partial charge in [-0.05, 0) is 37.5 Å². The summed E-state index contributed by atoms with van der Waals surface area (Å²) in [5.41, 5.74) is 0.0177. The van der Waals surface area contributed by atoms with Crippen LogP contribution in [0, 0.1) is 6.92 Å². The first-order valence-electron chi connectivity index (χ1n) is 6.03. The van der Waals surface area contributed by atoms with E-state index in [0.717, 1.165) is 10.9 Å². The number of nitrogens with zero attached hydrogens (tertiary/aromatic N) is 1. The minimum atomic E-state index is -3.91. The SMILES string of the molecule is Cc1c(C(=O)O)cc(Cl)cc1S(=O)(=O)N1CCCCO1. The number of halogens is 1. The Morgan fingerprint density at radius 3 is 2.65 bits per heavy atom. The molecule has 0 amide bonds. The molecule has 8 heteroatoms. The molecule has 20 heavy (non-hydrogen) atoms. The van der Waals surface area contributed by atoms with Gasteiger partial charge in [-0.15, -0.1) is 0 Å². The van der Waals surface area contributed by atoms with Crippen LogP contribution in [-0.4, -0.2) is 37.1 Å². The second-order valence-electron chi connectivity index (χ2n) is 4.45. The maximum Gasteiger partial charge on any atom is 0.336 e. The Kier molecular flexibility index (Phi) is 4.33. The van der Waals surface area contributed by atoms with E-state index in [2.05, 4.69) is 0 Å². The number of rotatable bonds is 3. The summed E-state index contributed by atoms with van der Waals surface area (Å²) in [6.45, 7) is 2.01. The summed E-state index contributed by atoms with van der Waals surface area (Å²) < 4.78 is 25.9. The van der Waals surface area contributed by atoms with Crippen LogP contribution in [0.25, 0.3) is 0 Å². The lowest BCUT2D eigenvalue weighted by Gasteiger charge is -2.26. The van der Waals surface area contributed by atoms with Crippen LogP contribution in [0.3, 0.4) is 0 Å². The second-order valence-corrected chi connectivity index (χ2v) is 6.69. The molecule has 0 unspecified atom stereocenters. The van der Waals surface area contributed by atoms with Gasteiger partial charge in [0, 0.05) is 11.6 Å². The summed E-state index contributed by atoms with van der Waals surface area (Å²) in [7, 11) is -3.91. The van der Waals surface area contributed by atoms with E-state index in [1.165, 1.54) is 19.1 Å². The van der Waals surface area contributed by atoms with E-state index < -0.39 is 16.0 Å². The molecule has 0 spiro atoms. The number of hydrogen-bond acceptors (Lipinski definition) is 4. The van der Waals surface area contributed by atoms with Gasteiger partial charge in [-0.1, -0.05) is 16.1 Å². The fourth-order valence-electron chi connectivity index (χ4n) is 2.02. The monoisotopic (exact) mass is 319 g/mol. The molecule has 110 valence electrons. The highest BCUT2D eigenvalue weighted by Crippen LogP contribution is 2.28. The van der Waals surface area contributed by atoms with Crippen LogP contribution in [0.15, 0.2) is 17.0 Å². The molecule has 1 aromatic rings. The molecule has 1 aliphatic rings. The van der Waals surface area contributed by atoms with Gasteiger partial charge < -0.3 is 5.11 Å². The molecule has 0 atom stereocenters. The van der Waals surface area contributed by atoms with Crippen molar-refractivity contribution in [2.24, 2.45) is 0 Å². The maximum atomic E-state index is 12.5. The standard InChI is InChI=1S/C12H14ClNO5S/c1-8-10(12(15)16)6-9(13)7-11(8)20(17,18)14-4-2-3-5-19-14/h6-7H,2-5H2,1H3,(H,15,16). The Morgan fingerprint density at radius 1 is 1.40 bits per heavy atom. The number of benzene rings is 1. The number of aromatic carboxylic acids is 1. The minimum absolute atomic E-state index is 0.0589. The molecular weight excluding hydrogens is 306 g/mol. The van der Waals surface area contributed by atoms with Crippen molar-refractivity contribution < 1.29 is 23.2 Å². The number of carboxylic acid groups (broad SMARTS) is 1. The maximum absolute atomic E-state index is 12.5. The van der Waals surface area contributed by atoms with Gasteiger partial charge in [0.15, 0.2) is 0 Å². The van der Waals surface area contributed by atoms with Crippen molar-refractivity contribution in [3.05, 3.63) is 28.3 Å². The second kappa shape index (κ2) is 5.69. The molecule has 1 aliphatic heterocycles. The first-order valence-corrected chi connectivity index (χ1v) is 7.85. The Bertz CT molecular complexity index is 637. The van der Waals surface area contributed by atoms with Crippen LogP contribution in [-0.2, 0) is 14.9 Å². The molecule has 0 bridgehead atoms. The average Bonchev–Trinajstić information content (AvgIpc) is 2.41. The van der Waals surface area contributed by atoms with E-state index in [1.807, 2.05) is 0 Å². The largest absolute Gasteiger partial charge is 0.478 e. The third-order valence-corrected chi connectivity index (χ3v) is 5.09. The summed E-state index contributed by atoms with van der Waals surface area (Å²) in [4.78, 5) is 16.1. The molecule has 6 nitrogen and oxygen atoms in total. The van der Waals surface area contributed by atoms with Gasteiger partial charge in [-0.3, -0.25) is 4.84 Å². The zero-order valence-electron chi connectivity index (χ0n) is 10.8. The first kappa shape index (κ1) is 15.2. The van der Waals surface area contributed by atoms with Crippen molar-refractivity contribution in [1.29, 1.82) is 0 Å². The summed E-state index contributed by atoms with van der Waals surface area (Å²) >= 11 is 5.82. The number of sulfonamides is 1. The topological polar surface area (TPSA) is 83.9 Å². The van der Waals surface area contributed by atoms with Crippen LogP contribution < -0.4 is 0 Å². The molecule has 0 aromatic heterocycles. The van der Waals surface area contributed by atoms with Crippen LogP contribution in [0.4, 0.5) is 0 Å². The Labute approximate surface area is 121 Å². The van der Waals surface area contributed by atoms with E-state index in [-0.39, 0.29) is 27.6 Å². The number of carboxylic acids is 1. The lowest BCUT2D eigenvalue weighted by molar-refractivity contribution is -0.108. The molecule has 1 fully saturated rings. The van der Waals surface area contributed by atoms with Crippen molar-refractivity contribution in [3.8, 4) is 0 Å². The summed E-state index contributed by atoms with van der Waals surface area (Å²) in [6, 6.07) is 2.48. The predicted molar refractivity (Wildman–Crippen MR) is 72.2 cm³/mol. The zero-order valence-corrected chi connectivity index (χ0v) is 12.4. The minimum Gasteiger partial charge on any atom is -0.478 e. The lowest BCUT2D eigenvalue weighted by Crippen LogP contribution is -2.36. The molecule has 1 N–H and O–H groups in total. The third kappa shape index (κ3) is 2.80. The summed E-state index contributed by atoms with van der Waals surface area (Å²) in [6.07, 6.45) is 1.49. The van der Waals surface area contributed by atoms with Crippen molar-refractivity contribution in [2.45, 2.75) is 24.7 Å². The fraction of sp³-hybridized carbons (Fsp3) is 0.417. The molecule has 2 rings (SSSR count). The van der Waals surface area contributed by atoms with Crippen molar-refractivity contribution in [2.75, 3.05) is 13.2 Å². The molecule has 0 radical (unpaired) electrons. The van der Waals surface area contributed by atoms with Crippen LogP contribution >= 0.6 is 11.6 Å². The highest BCUT2D eigenvalue weighted by Gasteiger charge is 2.30. The molecule has 0 saturated carbocycles. The van der Waals surface area contributed by atoms with Gasteiger partial charge in [-0.2, -0.15) is 0 Å². The zero-order chi connectivity index (χ0) is 14.9. The predicted octanol–water partition coefficient (Wildman–Crippen LogP) is 2.06. The highest BCUT2D eigenvalue weighted by molar-refractivity contribution is 7.89. The quantitative estimate of drug-likeness (QED) is 0.922. The molecular formula is C12H14ClNO5S. The first-order chi connectivity index (χ1) is 9.34. The van der Waals surface area contributed by atoms with Crippen LogP contribution in [0.5, 0.6) is 0 Å². The average molecular weight is 320 g/mol. The van der Waals surface area contributed by atoms with Gasteiger partial charge in [0.2, 0.25) is 0 Å². The van der Waals surface area contributed by atoms with Gasteiger partial charge in [0.05, 0.1) is 17.1 Å². The molecule has 0 aliphatic carbocycles. The summed E-state index contributed by atoms with van der Waals surface area (Å²) in [5, 5.41) is 9.15. The van der Waals surface area contributed by atoms with Gasteiger partial charge in [0.1, 0.15) is 0 Å². The Morgan fingerprint density at radius 2 is 2.10 bits per heavy atom. The van der Waals surface area contributed by atoms with E-state index in [1.54, 1.807) is 0 Å². The third-order valence-electron chi connectivity index (χ3n) is 3.07. The lowest BCUT2D eigenvalue weighted by atomic mass is 10.1. The number of hydroxylamine groups is 1. The van der Waals surface area contributed by atoms with Gasteiger partial charge in [0.25, 0.3) is 10.0 Å². The smallest absolute Gasteiger partial charge is 0.336 e. The van der Waals surface area contributed by atoms with E-state index >= 15 is 0 Å². The normalized spacial score (nSPS) is 17.1. The van der Waals surface area contributed by atoms with E-state index in [0.29, 0.717) is 13.0 Å². The summed E-state index contributed by atoms with van der Waals surface area (Å²) in [5.74, 6) is -1.22. The van der Waals surface area contributed by atoms with E-state index in [4.69, 9.17) is 21.5 Å².